The summed E-state index contributed by atoms with van der Waals surface area (Å²) in [6, 6.07) is 7.86. The van der Waals surface area contributed by atoms with Gasteiger partial charge in [0.25, 0.3) is 5.91 Å². The Morgan fingerprint density at radius 2 is 1.68 bits per heavy atom. The number of Topliss-reactive ketones (excluding diaryl/α,β-unsaturated/α-hetero) is 1. The van der Waals surface area contributed by atoms with Gasteiger partial charge in [-0.15, -0.1) is 0 Å². The summed E-state index contributed by atoms with van der Waals surface area (Å²) in [5.41, 5.74) is 0.923. The zero-order valence-corrected chi connectivity index (χ0v) is 18.3. The lowest BCUT2D eigenvalue weighted by molar-refractivity contribution is -0.130. The van der Waals surface area contributed by atoms with Gasteiger partial charge in [0.1, 0.15) is 5.54 Å². The lowest BCUT2D eigenvalue weighted by Crippen LogP contribution is -2.41. The second kappa shape index (κ2) is 8.21. The molecule has 0 bridgehead atoms. The van der Waals surface area contributed by atoms with Gasteiger partial charge >= 0.3 is 6.03 Å². The molecular weight excluding hydrogens is 402 g/mol. The molecular formula is C24H26F2N2O3. The van der Waals surface area contributed by atoms with Gasteiger partial charge in [0.2, 0.25) is 0 Å². The maximum absolute atomic E-state index is 13.7. The number of nitrogens with one attached hydrogen (secondary N) is 1. The molecule has 2 aromatic carbocycles. The largest absolute Gasteiger partial charge is 0.325 e. The van der Waals surface area contributed by atoms with Crippen LogP contribution in [0.4, 0.5) is 13.6 Å². The first-order valence-corrected chi connectivity index (χ1v) is 10.2. The molecule has 31 heavy (non-hydrogen) atoms. The molecule has 3 rings (SSSR count). The Hall–Kier alpha value is -3.09. The molecule has 1 atom stereocenters. The molecule has 5 nitrogen and oxygen atoms in total. The molecule has 2 aromatic rings. The highest BCUT2D eigenvalue weighted by molar-refractivity contribution is 6.11. The first-order chi connectivity index (χ1) is 14.5. The summed E-state index contributed by atoms with van der Waals surface area (Å²) in [4.78, 5) is 39.5. The zero-order chi connectivity index (χ0) is 23.1. The normalized spacial score (nSPS) is 18.8. The van der Waals surface area contributed by atoms with Crippen molar-refractivity contribution in [1.82, 2.24) is 10.2 Å². The van der Waals surface area contributed by atoms with E-state index in [2.05, 4.69) is 19.2 Å². The highest BCUT2D eigenvalue weighted by atomic mass is 19.2. The molecule has 3 amide bonds. The van der Waals surface area contributed by atoms with E-state index in [1.54, 1.807) is 6.07 Å². The second-order valence-electron chi connectivity index (χ2n) is 8.65. The molecule has 7 heteroatoms. The van der Waals surface area contributed by atoms with Crippen LogP contribution in [-0.4, -0.2) is 29.2 Å². The molecule has 1 aliphatic rings. The third-order valence-electron chi connectivity index (χ3n) is 5.74. The molecule has 1 heterocycles. The van der Waals surface area contributed by atoms with Crippen LogP contribution in [0.3, 0.4) is 0 Å². The third-order valence-corrected chi connectivity index (χ3v) is 5.74. The number of ketones is 1. The SMILES string of the molecule is CC(C)c1ccc(C(=O)CN2C(=O)NC(C)(c3ccc(F)c(F)c3)C2=O)c(C(C)C)c1. The molecule has 1 aliphatic heterocycles. The molecule has 1 N–H and O–H groups in total. The fourth-order valence-electron chi connectivity index (χ4n) is 3.74. The lowest BCUT2D eigenvalue weighted by Gasteiger charge is -2.22. The Balaban J connectivity index is 1.89. The number of carbonyl (C=O) groups excluding carboxylic acids is 3. The lowest BCUT2D eigenvalue weighted by atomic mass is 9.89. The average Bonchev–Trinajstić information content (AvgIpc) is 2.93. The summed E-state index contributed by atoms with van der Waals surface area (Å²) in [5.74, 6) is -2.86. The van der Waals surface area contributed by atoms with Crippen molar-refractivity contribution in [3.8, 4) is 0 Å². The summed E-state index contributed by atoms with van der Waals surface area (Å²) in [7, 11) is 0. The Morgan fingerprint density at radius 3 is 2.26 bits per heavy atom. The second-order valence-corrected chi connectivity index (χ2v) is 8.65. The van der Waals surface area contributed by atoms with E-state index in [0.717, 1.165) is 28.2 Å². The highest BCUT2D eigenvalue weighted by Crippen LogP contribution is 2.31. The van der Waals surface area contributed by atoms with Crippen LogP contribution in [0, 0.1) is 11.6 Å². The molecule has 0 radical (unpaired) electrons. The Bertz CT molecular complexity index is 1060. The predicted molar refractivity (Wildman–Crippen MR) is 113 cm³/mol. The fraction of sp³-hybridized carbons (Fsp3) is 0.375. The maximum atomic E-state index is 13.7. The van der Waals surface area contributed by atoms with Gasteiger partial charge in [-0.05, 0) is 47.6 Å². The van der Waals surface area contributed by atoms with Gasteiger partial charge in [0.05, 0.1) is 6.54 Å². The van der Waals surface area contributed by atoms with Crippen molar-refractivity contribution in [2.45, 2.75) is 52.0 Å². The molecule has 1 fully saturated rings. The number of halogens is 2. The summed E-state index contributed by atoms with van der Waals surface area (Å²) >= 11 is 0. The van der Waals surface area contributed by atoms with E-state index in [9.17, 15) is 23.2 Å². The van der Waals surface area contributed by atoms with E-state index in [1.807, 2.05) is 26.0 Å². The van der Waals surface area contributed by atoms with E-state index in [4.69, 9.17) is 0 Å². The Kier molecular flexibility index (Phi) is 5.98. The number of imide groups is 1. The number of hydrogen-bond donors (Lipinski definition) is 1. The van der Waals surface area contributed by atoms with Crippen LogP contribution in [0.5, 0.6) is 0 Å². The summed E-state index contributed by atoms with van der Waals surface area (Å²) in [6.45, 7) is 9.04. The minimum absolute atomic E-state index is 0.0770. The van der Waals surface area contributed by atoms with Crippen LogP contribution < -0.4 is 5.32 Å². The van der Waals surface area contributed by atoms with Crippen molar-refractivity contribution >= 4 is 17.7 Å². The van der Waals surface area contributed by atoms with E-state index < -0.39 is 35.7 Å². The highest BCUT2D eigenvalue weighted by Gasteiger charge is 2.49. The van der Waals surface area contributed by atoms with Crippen molar-refractivity contribution < 1.29 is 23.2 Å². The predicted octanol–water partition coefficient (Wildman–Crippen LogP) is 4.86. The molecule has 164 valence electrons. The van der Waals surface area contributed by atoms with Gasteiger partial charge in [-0.3, -0.25) is 14.5 Å². The summed E-state index contributed by atoms with van der Waals surface area (Å²) in [6.07, 6.45) is 0. The standard InChI is InChI=1S/C24H26F2N2O3/c1-13(2)15-6-8-17(18(10-15)14(3)4)21(29)12-28-22(30)24(5,27-23(28)31)16-7-9-19(25)20(26)11-16/h6-11,13-14H,12H2,1-5H3,(H,27,31). The van der Waals surface area contributed by atoms with E-state index >= 15 is 0 Å². The van der Waals surface area contributed by atoms with Crippen LogP contribution in [0.15, 0.2) is 36.4 Å². The van der Waals surface area contributed by atoms with Gasteiger partial charge in [-0.1, -0.05) is 52.0 Å². The van der Waals surface area contributed by atoms with E-state index in [1.165, 1.54) is 13.0 Å². The Morgan fingerprint density at radius 1 is 1.00 bits per heavy atom. The van der Waals surface area contributed by atoms with Gasteiger partial charge < -0.3 is 5.32 Å². The van der Waals surface area contributed by atoms with Gasteiger partial charge in [-0.2, -0.15) is 0 Å². The van der Waals surface area contributed by atoms with Crippen molar-refractivity contribution in [3.63, 3.8) is 0 Å². The van der Waals surface area contributed by atoms with Gasteiger partial charge in [-0.25, -0.2) is 13.6 Å². The third kappa shape index (κ3) is 4.09. The zero-order valence-electron chi connectivity index (χ0n) is 18.3. The summed E-state index contributed by atoms with van der Waals surface area (Å²) in [5, 5.41) is 2.51. The average molecular weight is 428 g/mol. The van der Waals surface area contributed by atoms with Gasteiger partial charge in [0.15, 0.2) is 17.4 Å². The molecule has 0 spiro atoms. The summed E-state index contributed by atoms with van der Waals surface area (Å²) < 4.78 is 27.0. The minimum Gasteiger partial charge on any atom is -0.319 e. The number of amides is 3. The molecule has 0 saturated carbocycles. The van der Waals surface area contributed by atoms with Crippen molar-refractivity contribution in [1.29, 1.82) is 0 Å². The quantitative estimate of drug-likeness (QED) is 0.528. The van der Waals surface area contributed by atoms with Crippen LogP contribution in [0.2, 0.25) is 0 Å². The van der Waals surface area contributed by atoms with Crippen LogP contribution in [0.25, 0.3) is 0 Å². The smallest absolute Gasteiger partial charge is 0.319 e. The maximum Gasteiger partial charge on any atom is 0.325 e. The number of urea groups is 1. The number of benzene rings is 2. The van der Waals surface area contributed by atoms with Crippen LogP contribution in [0.1, 0.15) is 73.5 Å². The molecule has 0 aromatic heterocycles. The first-order valence-electron chi connectivity index (χ1n) is 10.2. The minimum atomic E-state index is -1.59. The first kappa shape index (κ1) is 22.6. The number of nitrogens with zero attached hydrogens (tertiary/aromatic N) is 1. The molecule has 0 aliphatic carbocycles. The molecule has 1 saturated heterocycles. The Labute approximate surface area is 180 Å². The van der Waals surface area contributed by atoms with Crippen LogP contribution >= 0.6 is 0 Å². The number of carbonyl (C=O) groups is 3. The monoisotopic (exact) mass is 428 g/mol. The van der Waals surface area contributed by atoms with Crippen molar-refractivity contribution in [2.24, 2.45) is 0 Å². The topological polar surface area (TPSA) is 66.5 Å². The van der Waals surface area contributed by atoms with E-state index in [0.29, 0.717) is 11.5 Å². The number of rotatable bonds is 6. The molecule has 1 unspecified atom stereocenters. The fourth-order valence-corrected chi connectivity index (χ4v) is 3.74. The van der Waals surface area contributed by atoms with E-state index in [-0.39, 0.29) is 17.3 Å². The van der Waals surface area contributed by atoms with Gasteiger partial charge in [0, 0.05) is 5.56 Å². The van der Waals surface area contributed by atoms with Crippen LogP contribution in [-0.2, 0) is 10.3 Å². The van der Waals surface area contributed by atoms with Crippen molar-refractivity contribution in [2.75, 3.05) is 6.54 Å². The van der Waals surface area contributed by atoms with Crippen molar-refractivity contribution in [3.05, 3.63) is 70.3 Å². The number of hydrogen-bond acceptors (Lipinski definition) is 3.